The maximum absolute atomic E-state index is 14.2. The van der Waals surface area contributed by atoms with E-state index in [-0.39, 0.29) is 59.5 Å². The van der Waals surface area contributed by atoms with Crippen LogP contribution in [0.4, 0.5) is 0 Å². The maximum Gasteiger partial charge on any atom is 0.255 e. The number of rotatable bonds is 7. The van der Waals surface area contributed by atoms with Crippen molar-refractivity contribution in [3.05, 3.63) is 91.5 Å². The van der Waals surface area contributed by atoms with Crippen LogP contribution >= 0.6 is 0 Å². The monoisotopic (exact) mass is 932 g/mol. The SMILES string of the molecule is CN(C)[C@@H]1C(=O)C(C(N)=O)=C(O)[C@@]2(O)C(=O)C3=C(O)c4c(O)ccc(C#CCCCCC#Cc5ccc(O)c6c5C[C@H]5C[C@H]7[C@H](N(C)C)C(=O)C(C(N)O)=C(O)[C@@]7(O)C(=O)C5=C6O)c4C[C@H]3C[C@@H]12. The number of hydrogen-bond donors (Lipinski definition) is 11. The van der Waals surface area contributed by atoms with Gasteiger partial charge in [0.15, 0.2) is 22.8 Å². The van der Waals surface area contributed by atoms with Crippen molar-refractivity contribution in [1.82, 2.24) is 9.80 Å². The topological polar surface area (TPSA) is 326 Å². The van der Waals surface area contributed by atoms with Crippen LogP contribution in [0.25, 0.3) is 11.5 Å². The van der Waals surface area contributed by atoms with E-state index in [9.17, 15) is 69.9 Å². The number of primary amides is 1. The number of unbranched alkanes of at least 4 members (excludes halogenated alkanes) is 3. The van der Waals surface area contributed by atoms with E-state index in [2.05, 4.69) is 23.7 Å². The Kier molecular flexibility index (Phi) is 12.0. The van der Waals surface area contributed by atoms with Gasteiger partial charge in [-0.1, -0.05) is 23.7 Å². The van der Waals surface area contributed by atoms with Gasteiger partial charge in [-0.2, -0.15) is 0 Å². The molecule has 0 aromatic heterocycles. The standard InChI is InChI=1S/C50H52N4O14/c1-53(2)37-27-19-23-17-25-21(13-15-29(55)33(25)39(57)31(23)43(61)49(27,67)45(63)35(41(37)59)47(51)65)11-9-7-5-6-8-10-12-22-14-16-30(56)34-26(22)18-24-20-28-38(54(3)4)42(60)36(48(52)66)46(64)50(28,68)44(62)32(24)40(34)58/h13-16,23-24,27-28,37-38,47,55-58,63-65,67-68H,5-8,17-20,51H2,1-4H3,(H2,52,66)/t23-,24-,27-,28-,37-,38-,47?,49-,50-/m0/s1. The third-order valence-corrected chi connectivity index (χ3v) is 14.6. The van der Waals surface area contributed by atoms with Gasteiger partial charge in [0.2, 0.25) is 11.6 Å². The summed E-state index contributed by atoms with van der Waals surface area (Å²) in [5.41, 5.74) is 5.26. The summed E-state index contributed by atoms with van der Waals surface area (Å²) in [5.74, 6) is -0.613. The minimum atomic E-state index is -2.75. The summed E-state index contributed by atoms with van der Waals surface area (Å²) in [6.07, 6.45) is 0.204. The lowest BCUT2D eigenvalue weighted by Gasteiger charge is -2.50. The van der Waals surface area contributed by atoms with Crippen LogP contribution in [0, 0.1) is 47.4 Å². The summed E-state index contributed by atoms with van der Waals surface area (Å²) in [5, 5.41) is 101. The zero-order valence-electron chi connectivity index (χ0n) is 37.6. The van der Waals surface area contributed by atoms with Gasteiger partial charge in [-0.05, 0) is 114 Å². The summed E-state index contributed by atoms with van der Waals surface area (Å²) in [4.78, 5) is 70.3. The summed E-state index contributed by atoms with van der Waals surface area (Å²) >= 11 is 0. The van der Waals surface area contributed by atoms with Crippen molar-refractivity contribution in [1.29, 1.82) is 0 Å². The lowest BCUT2D eigenvalue weighted by atomic mass is 9.57. The molecule has 13 N–H and O–H groups in total. The number of phenols is 2. The molecule has 8 rings (SSSR count). The molecule has 2 fully saturated rings. The first-order valence-corrected chi connectivity index (χ1v) is 22.1. The second kappa shape index (κ2) is 17.1. The van der Waals surface area contributed by atoms with Crippen molar-refractivity contribution in [2.24, 2.45) is 35.1 Å². The Morgan fingerprint density at radius 2 is 1.10 bits per heavy atom. The zero-order valence-corrected chi connectivity index (χ0v) is 37.6. The van der Waals surface area contributed by atoms with Gasteiger partial charge in [0, 0.05) is 47.0 Å². The Hall–Kier alpha value is -6.77. The van der Waals surface area contributed by atoms with Gasteiger partial charge in [-0.3, -0.25) is 33.8 Å². The number of carbonyl (C=O) groups excluding carboxylic acids is 5. The number of phenolic OH excluding ortho intramolecular Hbond substituents is 2. The number of likely N-dealkylation sites (N-methyl/N-ethyl adjacent to an activating group) is 2. The second-order valence-corrected chi connectivity index (χ2v) is 18.8. The molecule has 6 aliphatic rings. The Morgan fingerprint density at radius 1 is 0.691 bits per heavy atom. The maximum atomic E-state index is 14.2. The molecule has 1 amide bonds. The molecular weight excluding hydrogens is 881 g/mol. The van der Waals surface area contributed by atoms with Gasteiger partial charge >= 0.3 is 0 Å². The van der Waals surface area contributed by atoms with Gasteiger partial charge in [0.05, 0.1) is 28.8 Å². The lowest BCUT2D eigenvalue weighted by Crippen LogP contribution is -2.66. The summed E-state index contributed by atoms with van der Waals surface area (Å²) in [7, 11) is 6.16. The first-order valence-electron chi connectivity index (χ1n) is 22.1. The van der Waals surface area contributed by atoms with Crippen LogP contribution in [0.1, 0.15) is 71.9 Å². The summed E-state index contributed by atoms with van der Waals surface area (Å²) in [6, 6.07) is 3.46. The predicted molar refractivity (Wildman–Crippen MR) is 242 cm³/mol. The molecular formula is C50H52N4O14. The molecule has 2 aromatic rings. The number of nitrogens with two attached hydrogens (primary N) is 2. The molecule has 2 aromatic carbocycles. The fourth-order valence-corrected chi connectivity index (χ4v) is 11.5. The number of hydrogen-bond acceptors (Lipinski definition) is 17. The van der Waals surface area contributed by atoms with Crippen LogP contribution in [0.2, 0.25) is 0 Å². The van der Waals surface area contributed by atoms with Crippen LogP contribution in [-0.2, 0) is 36.8 Å². The second-order valence-electron chi connectivity index (χ2n) is 18.8. The highest BCUT2D eigenvalue weighted by Crippen LogP contribution is 2.55. The smallest absolute Gasteiger partial charge is 0.255 e. The number of amides is 1. The minimum Gasteiger partial charge on any atom is -0.508 e. The van der Waals surface area contributed by atoms with Gasteiger partial charge < -0.3 is 57.4 Å². The largest absolute Gasteiger partial charge is 0.508 e. The number of fused-ring (bicyclic) bond motifs is 6. The molecule has 0 saturated heterocycles. The summed E-state index contributed by atoms with van der Waals surface area (Å²) < 4.78 is 0. The molecule has 0 aliphatic heterocycles. The van der Waals surface area contributed by atoms with Crippen LogP contribution in [-0.4, -0.2) is 143 Å². The first-order chi connectivity index (χ1) is 32.0. The van der Waals surface area contributed by atoms with E-state index < -0.39 is 116 Å². The Labute approximate surface area is 390 Å². The van der Waals surface area contributed by atoms with E-state index in [4.69, 9.17) is 11.5 Å². The summed E-state index contributed by atoms with van der Waals surface area (Å²) in [6.45, 7) is 0. The molecule has 2 saturated carbocycles. The molecule has 9 atom stereocenters. The van der Waals surface area contributed by atoms with Crippen molar-refractivity contribution in [3.63, 3.8) is 0 Å². The number of nitrogens with zero attached hydrogens (tertiary/aromatic N) is 2. The molecule has 18 nitrogen and oxygen atoms in total. The fourth-order valence-electron chi connectivity index (χ4n) is 11.5. The van der Waals surface area contributed by atoms with E-state index >= 15 is 0 Å². The fraction of sp³-hybridized carbons (Fsp3) is 0.420. The van der Waals surface area contributed by atoms with E-state index in [1.165, 1.54) is 36.0 Å². The molecule has 0 radical (unpaired) electrons. The van der Waals surface area contributed by atoms with E-state index in [0.717, 1.165) is 0 Å². The van der Waals surface area contributed by atoms with Crippen LogP contribution in [0.15, 0.2) is 58.1 Å². The van der Waals surface area contributed by atoms with Crippen molar-refractivity contribution >= 4 is 40.6 Å². The number of ketones is 4. The number of aromatic hydroxyl groups is 2. The number of Topliss-reactive ketones (excluding diaryl/α,β-unsaturated/α-hetero) is 4. The van der Waals surface area contributed by atoms with Gasteiger partial charge in [-0.25, -0.2) is 0 Å². The third kappa shape index (κ3) is 6.93. The zero-order chi connectivity index (χ0) is 49.6. The average molecular weight is 933 g/mol. The number of aliphatic hydroxyl groups is 7. The molecule has 0 bridgehead atoms. The van der Waals surface area contributed by atoms with Crippen molar-refractivity contribution < 1.29 is 69.9 Å². The van der Waals surface area contributed by atoms with E-state index in [0.29, 0.717) is 47.9 Å². The van der Waals surface area contributed by atoms with Crippen molar-refractivity contribution in [3.8, 4) is 35.2 Å². The molecule has 18 heteroatoms. The molecule has 0 spiro atoms. The first kappa shape index (κ1) is 47.7. The molecule has 356 valence electrons. The predicted octanol–water partition coefficient (Wildman–Crippen LogP) is 0.997. The molecule has 0 heterocycles. The van der Waals surface area contributed by atoms with Crippen LogP contribution in [0.5, 0.6) is 11.5 Å². The Balaban J connectivity index is 0.988. The van der Waals surface area contributed by atoms with Crippen molar-refractivity contribution in [2.45, 2.75) is 80.9 Å². The van der Waals surface area contributed by atoms with Gasteiger partial charge in [0.25, 0.3) is 5.91 Å². The quantitative estimate of drug-likeness (QED) is 0.0798. The Bertz CT molecular complexity index is 2900. The van der Waals surface area contributed by atoms with Gasteiger partial charge in [-0.15, -0.1) is 0 Å². The number of aliphatic hydroxyl groups excluding tert-OH is 5. The lowest BCUT2D eigenvalue weighted by molar-refractivity contribution is -0.155. The highest BCUT2D eigenvalue weighted by atomic mass is 16.4. The molecule has 1 unspecified atom stereocenters. The minimum absolute atomic E-state index is 0.0307. The number of carbonyl (C=O) groups is 5. The average Bonchev–Trinajstić information content (AvgIpc) is 3.25. The normalized spacial score (nSPS) is 29.0. The number of benzene rings is 2. The Morgan fingerprint density at radius 3 is 1.50 bits per heavy atom. The van der Waals surface area contributed by atoms with E-state index in [1.807, 2.05) is 0 Å². The molecule has 68 heavy (non-hydrogen) atoms. The van der Waals surface area contributed by atoms with Gasteiger partial charge in [0.1, 0.15) is 46.3 Å². The van der Waals surface area contributed by atoms with Crippen LogP contribution in [0.3, 0.4) is 0 Å². The van der Waals surface area contributed by atoms with Crippen LogP contribution < -0.4 is 11.5 Å². The van der Waals surface area contributed by atoms with Crippen molar-refractivity contribution in [2.75, 3.05) is 28.2 Å². The van der Waals surface area contributed by atoms with E-state index in [1.54, 1.807) is 26.2 Å². The molecule has 6 aliphatic carbocycles. The third-order valence-electron chi connectivity index (χ3n) is 14.6. The highest BCUT2D eigenvalue weighted by molar-refractivity contribution is 6.24. The highest BCUT2D eigenvalue weighted by Gasteiger charge is 2.65.